The fraction of sp³-hybridized carbons (Fsp3) is 0.154. The maximum Gasteiger partial charge on any atom is 0.235 e. The molecule has 4 nitrogen and oxygen atoms in total. The third-order valence-corrected chi connectivity index (χ3v) is 2.66. The van der Waals surface area contributed by atoms with Crippen molar-refractivity contribution in [1.82, 2.24) is 0 Å². The number of halogens is 1. The van der Waals surface area contributed by atoms with Crippen LogP contribution in [0.4, 0.5) is 0 Å². The molecule has 0 unspecified atom stereocenters. The third-order valence-electron chi connectivity index (χ3n) is 2.45. The zero-order chi connectivity index (χ0) is 13.1. The lowest BCUT2D eigenvalue weighted by Gasteiger charge is -2.10. The predicted molar refractivity (Wildman–Crippen MR) is 66.7 cm³/mol. The number of hydrogen-bond donors (Lipinski definition) is 0. The van der Waals surface area contributed by atoms with Gasteiger partial charge in [0.05, 0.1) is 14.2 Å². The fourth-order valence-electron chi connectivity index (χ4n) is 1.63. The average Bonchev–Trinajstić information content (AvgIpc) is 2.83. The Kier molecular flexibility index (Phi) is 3.58. The number of carbonyl (C=O) groups is 1. The molecule has 0 saturated heterocycles. The topological polar surface area (TPSA) is 48.7 Å². The molecule has 1 aromatic heterocycles. The molecule has 0 aliphatic rings. The van der Waals surface area contributed by atoms with Gasteiger partial charge in [0.25, 0.3) is 0 Å². The Bertz CT molecular complexity index is 552. The number of furan rings is 1. The standard InChI is InChI=1S/C13H11ClO4/c1-16-8-4-3-5-9(17-2)12(8)13(15)10-6-7-11(14)18-10/h3-7H,1-2H3. The zero-order valence-electron chi connectivity index (χ0n) is 9.90. The Balaban J connectivity index is 2.52. The fourth-order valence-corrected chi connectivity index (χ4v) is 1.78. The van der Waals surface area contributed by atoms with Gasteiger partial charge in [-0.2, -0.15) is 0 Å². The van der Waals surface area contributed by atoms with Crippen LogP contribution in [0, 0.1) is 0 Å². The van der Waals surface area contributed by atoms with E-state index in [2.05, 4.69) is 0 Å². The summed E-state index contributed by atoms with van der Waals surface area (Å²) in [6, 6.07) is 8.12. The first-order valence-electron chi connectivity index (χ1n) is 5.18. The third kappa shape index (κ3) is 2.19. The lowest BCUT2D eigenvalue weighted by Crippen LogP contribution is -2.05. The van der Waals surface area contributed by atoms with Gasteiger partial charge in [0.2, 0.25) is 5.78 Å². The molecule has 1 aromatic carbocycles. The maximum absolute atomic E-state index is 12.3. The highest BCUT2D eigenvalue weighted by Crippen LogP contribution is 2.31. The van der Waals surface area contributed by atoms with E-state index in [1.807, 2.05) is 0 Å². The number of methoxy groups -OCH3 is 2. The Morgan fingerprint density at radius 1 is 1.11 bits per heavy atom. The summed E-state index contributed by atoms with van der Waals surface area (Å²) < 4.78 is 15.4. The van der Waals surface area contributed by atoms with Crippen LogP contribution in [-0.2, 0) is 0 Å². The van der Waals surface area contributed by atoms with Crippen LogP contribution in [0.1, 0.15) is 16.1 Å². The summed E-state index contributed by atoms with van der Waals surface area (Å²) in [5.74, 6) is 0.651. The summed E-state index contributed by atoms with van der Waals surface area (Å²) in [7, 11) is 2.97. The number of benzene rings is 1. The van der Waals surface area contributed by atoms with Gasteiger partial charge in [-0.1, -0.05) is 6.07 Å². The molecule has 0 spiro atoms. The van der Waals surface area contributed by atoms with Crippen molar-refractivity contribution in [2.24, 2.45) is 0 Å². The van der Waals surface area contributed by atoms with Crippen LogP contribution in [0.5, 0.6) is 11.5 Å². The largest absolute Gasteiger partial charge is 0.496 e. The zero-order valence-corrected chi connectivity index (χ0v) is 10.7. The number of hydrogen-bond acceptors (Lipinski definition) is 4. The van der Waals surface area contributed by atoms with Gasteiger partial charge in [-0.05, 0) is 35.9 Å². The molecule has 2 aromatic rings. The van der Waals surface area contributed by atoms with Gasteiger partial charge in [-0.15, -0.1) is 0 Å². The van der Waals surface area contributed by atoms with E-state index in [1.165, 1.54) is 26.4 Å². The highest BCUT2D eigenvalue weighted by molar-refractivity contribution is 6.29. The lowest BCUT2D eigenvalue weighted by atomic mass is 10.1. The molecule has 1 heterocycles. The van der Waals surface area contributed by atoms with Crippen LogP contribution >= 0.6 is 11.6 Å². The van der Waals surface area contributed by atoms with Crippen molar-refractivity contribution >= 4 is 17.4 Å². The average molecular weight is 267 g/mol. The van der Waals surface area contributed by atoms with E-state index < -0.39 is 0 Å². The van der Waals surface area contributed by atoms with Crippen molar-refractivity contribution in [1.29, 1.82) is 0 Å². The van der Waals surface area contributed by atoms with Gasteiger partial charge in [0.15, 0.2) is 11.0 Å². The summed E-state index contributed by atoms with van der Waals surface area (Å²) in [6.45, 7) is 0. The van der Waals surface area contributed by atoms with E-state index in [1.54, 1.807) is 18.2 Å². The van der Waals surface area contributed by atoms with E-state index in [9.17, 15) is 4.79 Å². The summed E-state index contributed by atoms with van der Waals surface area (Å²) in [4.78, 5) is 12.3. The van der Waals surface area contributed by atoms with Crippen LogP contribution < -0.4 is 9.47 Å². The monoisotopic (exact) mass is 266 g/mol. The summed E-state index contributed by atoms with van der Waals surface area (Å²) in [5, 5.41) is 0.159. The predicted octanol–water partition coefficient (Wildman–Crippen LogP) is 3.18. The minimum absolute atomic E-state index is 0.141. The van der Waals surface area contributed by atoms with E-state index in [-0.39, 0.29) is 16.8 Å². The second-order valence-corrected chi connectivity index (χ2v) is 3.84. The molecule has 18 heavy (non-hydrogen) atoms. The van der Waals surface area contributed by atoms with Crippen LogP contribution in [0.2, 0.25) is 5.22 Å². The van der Waals surface area contributed by atoms with Crippen LogP contribution in [0.25, 0.3) is 0 Å². The smallest absolute Gasteiger partial charge is 0.235 e. The molecule has 5 heteroatoms. The maximum atomic E-state index is 12.3. The van der Waals surface area contributed by atoms with Crippen LogP contribution in [-0.4, -0.2) is 20.0 Å². The molecule has 94 valence electrons. The summed E-state index contributed by atoms with van der Waals surface area (Å²) >= 11 is 5.66. The number of carbonyl (C=O) groups excluding carboxylic acids is 1. The normalized spacial score (nSPS) is 10.2. The first-order chi connectivity index (χ1) is 8.67. The van der Waals surface area contributed by atoms with Crippen LogP contribution in [0.3, 0.4) is 0 Å². The minimum atomic E-state index is -0.337. The Hall–Kier alpha value is -1.94. The van der Waals surface area contributed by atoms with Gasteiger partial charge in [-0.3, -0.25) is 4.79 Å². The van der Waals surface area contributed by atoms with Crippen LogP contribution in [0.15, 0.2) is 34.7 Å². The Labute approximate surface area is 109 Å². The minimum Gasteiger partial charge on any atom is -0.496 e. The molecule has 0 amide bonds. The molecular weight excluding hydrogens is 256 g/mol. The van der Waals surface area contributed by atoms with Gasteiger partial charge < -0.3 is 13.9 Å². The van der Waals surface area contributed by atoms with E-state index in [0.29, 0.717) is 17.1 Å². The molecule has 0 saturated carbocycles. The van der Waals surface area contributed by atoms with Crippen molar-refractivity contribution in [2.75, 3.05) is 14.2 Å². The molecule has 2 rings (SSSR count). The highest BCUT2D eigenvalue weighted by Gasteiger charge is 2.22. The Morgan fingerprint density at radius 3 is 2.17 bits per heavy atom. The van der Waals surface area contributed by atoms with E-state index in [0.717, 1.165) is 0 Å². The van der Waals surface area contributed by atoms with Crippen molar-refractivity contribution in [3.8, 4) is 11.5 Å². The molecule has 0 fully saturated rings. The number of rotatable bonds is 4. The molecule has 0 N–H and O–H groups in total. The first kappa shape index (κ1) is 12.5. The molecule has 0 atom stereocenters. The number of ketones is 1. The van der Waals surface area contributed by atoms with E-state index in [4.69, 9.17) is 25.5 Å². The second kappa shape index (κ2) is 5.14. The first-order valence-corrected chi connectivity index (χ1v) is 5.56. The van der Waals surface area contributed by atoms with Gasteiger partial charge >= 0.3 is 0 Å². The molecular formula is C13H11ClO4. The molecule has 0 radical (unpaired) electrons. The molecule has 0 aliphatic heterocycles. The van der Waals surface area contributed by atoms with Gasteiger partial charge in [0.1, 0.15) is 17.1 Å². The lowest BCUT2D eigenvalue weighted by molar-refractivity contribution is 0.100. The SMILES string of the molecule is COc1cccc(OC)c1C(=O)c1ccc(Cl)o1. The van der Waals surface area contributed by atoms with Gasteiger partial charge in [-0.25, -0.2) is 0 Å². The molecule has 0 bridgehead atoms. The highest BCUT2D eigenvalue weighted by atomic mass is 35.5. The molecule has 0 aliphatic carbocycles. The van der Waals surface area contributed by atoms with Crippen molar-refractivity contribution in [2.45, 2.75) is 0 Å². The summed E-state index contributed by atoms with van der Waals surface area (Å²) in [5.41, 5.74) is 0.313. The Morgan fingerprint density at radius 2 is 1.72 bits per heavy atom. The van der Waals surface area contributed by atoms with E-state index >= 15 is 0 Å². The second-order valence-electron chi connectivity index (χ2n) is 3.47. The quantitative estimate of drug-likeness (QED) is 0.798. The number of ether oxygens (including phenoxy) is 2. The van der Waals surface area contributed by atoms with Crippen molar-refractivity contribution in [3.05, 3.63) is 46.9 Å². The van der Waals surface area contributed by atoms with Crippen molar-refractivity contribution < 1.29 is 18.7 Å². The summed E-state index contributed by atoms with van der Waals surface area (Å²) in [6.07, 6.45) is 0. The van der Waals surface area contributed by atoms with Crippen molar-refractivity contribution in [3.63, 3.8) is 0 Å². The van der Waals surface area contributed by atoms with Gasteiger partial charge in [0, 0.05) is 0 Å².